The van der Waals surface area contributed by atoms with Crippen molar-refractivity contribution in [1.82, 2.24) is 15.2 Å². The number of allylic oxidation sites excluding steroid dienone is 1. The minimum absolute atomic E-state index is 0.652. The SMILES string of the molecule is C=CCCCN(C)C(=NCc1ncc(CC)s1)NCC. The highest BCUT2D eigenvalue weighted by atomic mass is 32.1. The van der Waals surface area contributed by atoms with Gasteiger partial charge in [-0.3, -0.25) is 0 Å². The Kier molecular flexibility index (Phi) is 7.95. The number of hydrogen-bond donors (Lipinski definition) is 1. The van der Waals surface area contributed by atoms with E-state index in [9.17, 15) is 0 Å². The van der Waals surface area contributed by atoms with Crippen LogP contribution in [0.4, 0.5) is 0 Å². The van der Waals surface area contributed by atoms with Gasteiger partial charge in [0.05, 0.1) is 6.54 Å². The Morgan fingerprint density at radius 3 is 2.95 bits per heavy atom. The number of aliphatic imine (C=N–C) groups is 1. The van der Waals surface area contributed by atoms with Crippen molar-refractivity contribution in [2.45, 2.75) is 39.7 Å². The Morgan fingerprint density at radius 2 is 2.35 bits per heavy atom. The molecule has 4 nitrogen and oxygen atoms in total. The molecule has 0 saturated carbocycles. The summed E-state index contributed by atoms with van der Waals surface area (Å²) < 4.78 is 0. The molecule has 0 bridgehead atoms. The molecule has 0 unspecified atom stereocenters. The van der Waals surface area contributed by atoms with Crippen LogP contribution in [0.2, 0.25) is 0 Å². The van der Waals surface area contributed by atoms with Crippen LogP contribution in [0.3, 0.4) is 0 Å². The zero-order chi connectivity index (χ0) is 14.8. The number of nitrogens with zero attached hydrogens (tertiary/aromatic N) is 3. The van der Waals surface area contributed by atoms with Crippen molar-refractivity contribution in [1.29, 1.82) is 0 Å². The van der Waals surface area contributed by atoms with Crippen LogP contribution in [0.5, 0.6) is 0 Å². The maximum atomic E-state index is 4.66. The van der Waals surface area contributed by atoms with E-state index in [0.29, 0.717) is 6.54 Å². The quantitative estimate of drug-likeness (QED) is 0.347. The van der Waals surface area contributed by atoms with E-state index in [2.05, 4.69) is 47.7 Å². The van der Waals surface area contributed by atoms with Crippen LogP contribution in [0.25, 0.3) is 0 Å². The fourth-order valence-electron chi connectivity index (χ4n) is 1.78. The van der Waals surface area contributed by atoms with E-state index in [1.54, 1.807) is 11.3 Å². The van der Waals surface area contributed by atoms with Crippen LogP contribution in [-0.4, -0.2) is 36.0 Å². The first kappa shape index (κ1) is 16.7. The van der Waals surface area contributed by atoms with E-state index in [0.717, 1.165) is 43.3 Å². The van der Waals surface area contributed by atoms with Gasteiger partial charge in [0.25, 0.3) is 0 Å². The molecule has 0 radical (unpaired) electrons. The molecule has 0 spiro atoms. The molecule has 0 aromatic carbocycles. The lowest BCUT2D eigenvalue weighted by molar-refractivity contribution is 0.470. The summed E-state index contributed by atoms with van der Waals surface area (Å²) in [6.45, 7) is 10.5. The van der Waals surface area contributed by atoms with Crippen molar-refractivity contribution < 1.29 is 0 Å². The lowest BCUT2D eigenvalue weighted by atomic mass is 10.3. The van der Waals surface area contributed by atoms with E-state index in [1.807, 2.05) is 12.3 Å². The molecular weight excluding hydrogens is 268 g/mol. The van der Waals surface area contributed by atoms with Crippen LogP contribution in [0, 0.1) is 0 Å². The second-order valence-corrected chi connectivity index (χ2v) is 5.80. The minimum Gasteiger partial charge on any atom is -0.357 e. The van der Waals surface area contributed by atoms with Crippen LogP contribution < -0.4 is 5.32 Å². The first-order valence-electron chi connectivity index (χ1n) is 7.25. The standard InChI is InChI=1S/C15H26N4S/c1-5-8-9-10-19(4)15(16-7-3)18-12-14-17-11-13(6-2)20-14/h5,11H,1,6-10,12H2,2-4H3,(H,16,18). The van der Waals surface area contributed by atoms with Gasteiger partial charge in [0, 0.05) is 31.2 Å². The fourth-order valence-corrected chi connectivity index (χ4v) is 2.56. The Morgan fingerprint density at radius 1 is 1.55 bits per heavy atom. The van der Waals surface area contributed by atoms with Gasteiger partial charge in [0.2, 0.25) is 0 Å². The van der Waals surface area contributed by atoms with E-state index in [1.165, 1.54) is 4.88 Å². The number of aromatic nitrogens is 1. The minimum atomic E-state index is 0.652. The third kappa shape index (κ3) is 5.74. The number of aryl methyl sites for hydroxylation is 1. The third-order valence-corrected chi connectivity index (χ3v) is 4.04. The van der Waals surface area contributed by atoms with Gasteiger partial charge in [-0.15, -0.1) is 17.9 Å². The molecule has 1 heterocycles. The van der Waals surface area contributed by atoms with Gasteiger partial charge in [0.1, 0.15) is 5.01 Å². The van der Waals surface area contributed by atoms with Crippen LogP contribution >= 0.6 is 11.3 Å². The molecule has 0 aliphatic carbocycles. The zero-order valence-corrected chi connectivity index (χ0v) is 13.7. The summed E-state index contributed by atoms with van der Waals surface area (Å²) in [4.78, 5) is 12.6. The van der Waals surface area contributed by atoms with Gasteiger partial charge in [-0.05, 0) is 26.2 Å². The Labute approximate surface area is 126 Å². The molecular formula is C15H26N4S. The molecule has 112 valence electrons. The molecule has 5 heteroatoms. The molecule has 0 aliphatic rings. The molecule has 0 fully saturated rings. The van der Waals surface area contributed by atoms with Crippen molar-refractivity contribution in [2.24, 2.45) is 4.99 Å². The predicted molar refractivity (Wildman–Crippen MR) is 88.4 cm³/mol. The number of nitrogens with one attached hydrogen (secondary N) is 1. The number of thiazole rings is 1. The second-order valence-electron chi connectivity index (χ2n) is 4.60. The number of rotatable bonds is 8. The highest BCUT2D eigenvalue weighted by Crippen LogP contribution is 2.14. The topological polar surface area (TPSA) is 40.5 Å². The molecule has 1 aromatic heterocycles. The normalized spacial score (nSPS) is 11.4. The van der Waals surface area contributed by atoms with Crippen molar-refractivity contribution in [3.63, 3.8) is 0 Å². The van der Waals surface area contributed by atoms with Gasteiger partial charge in [-0.1, -0.05) is 13.0 Å². The first-order chi connectivity index (χ1) is 9.71. The summed E-state index contributed by atoms with van der Waals surface area (Å²) in [6, 6.07) is 0. The van der Waals surface area contributed by atoms with Gasteiger partial charge >= 0.3 is 0 Å². The first-order valence-corrected chi connectivity index (χ1v) is 8.06. The van der Waals surface area contributed by atoms with E-state index in [4.69, 9.17) is 0 Å². The van der Waals surface area contributed by atoms with Crippen molar-refractivity contribution >= 4 is 17.3 Å². The monoisotopic (exact) mass is 294 g/mol. The molecule has 1 rings (SSSR count). The fraction of sp³-hybridized carbons (Fsp3) is 0.600. The molecule has 0 amide bonds. The summed E-state index contributed by atoms with van der Waals surface area (Å²) in [7, 11) is 2.07. The summed E-state index contributed by atoms with van der Waals surface area (Å²) in [5, 5.41) is 4.41. The average molecular weight is 294 g/mol. The largest absolute Gasteiger partial charge is 0.357 e. The maximum absolute atomic E-state index is 4.66. The van der Waals surface area contributed by atoms with Crippen molar-refractivity contribution in [3.8, 4) is 0 Å². The maximum Gasteiger partial charge on any atom is 0.194 e. The Bertz CT molecular complexity index is 425. The van der Waals surface area contributed by atoms with Crippen LogP contribution in [-0.2, 0) is 13.0 Å². The molecule has 0 saturated heterocycles. The average Bonchev–Trinajstić information content (AvgIpc) is 2.91. The van der Waals surface area contributed by atoms with Crippen molar-refractivity contribution in [3.05, 3.63) is 28.7 Å². The van der Waals surface area contributed by atoms with E-state index >= 15 is 0 Å². The highest BCUT2D eigenvalue weighted by molar-refractivity contribution is 7.11. The molecule has 1 N–H and O–H groups in total. The summed E-state index contributed by atoms with van der Waals surface area (Å²) in [6.07, 6.45) is 7.09. The van der Waals surface area contributed by atoms with Gasteiger partial charge in [-0.2, -0.15) is 0 Å². The lowest BCUT2D eigenvalue weighted by Crippen LogP contribution is -2.39. The van der Waals surface area contributed by atoms with Gasteiger partial charge in [0.15, 0.2) is 5.96 Å². The highest BCUT2D eigenvalue weighted by Gasteiger charge is 2.06. The Balaban J connectivity index is 2.58. The molecule has 1 aromatic rings. The second kappa shape index (κ2) is 9.53. The van der Waals surface area contributed by atoms with E-state index < -0.39 is 0 Å². The van der Waals surface area contributed by atoms with E-state index in [-0.39, 0.29) is 0 Å². The number of unbranched alkanes of at least 4 members (excludes halogenated alkanes) is 1. The zero-order valence-electron chi connectivity index (χ0n) is 12.9. The smallest absolute Gasteiger partial charge is 0.194 e. The van der Waals surface area contributed by atoms with Gasteiger partial charge < -0.3 is 10.2 Å². The predicted octanol–water partition coefficient (Wildman–Crippen LogP) is 3.07. The lowest BCUT2D eigenvalue weighted by Gasteiger charge is -2.21. The van der Waals surface area contributed by atoms with Crippen molar-refractivity contribution in [2.75, 3.05) is 20.1 Å². The molecule has 0 aliphatic heterocycles. The van der Waals surface area contributed by atoms with Crippen LogP contribution in [0.1, 0.15) is 36.6 Å². The summed E-state index contributed by atoms with van der Waals surface area (Å²) in [5.41, 5.74) is 0. The van der Waals surface area contributed by atoms with Gasteiger partial charge in [-0.25, -0.2) is 9.98 Å². The summed E-state index contributed by atoms with van der Waals surface area (Å²) >= 11 is 1.75. The molecule has 20 heavy (non-hydrogen) atoms. The number of guanidine groups is 1. The molecule has 0 atom stereocenters. The third-order valence-electron chi connectivity index (χ3n) is 2.91. The Hall–Kier alpha value is -1.36. The summed E-state index contributed by atoms with van der Waals surface area (Å²) in [5.74, 6) is 0.949. The van der Waals surface area contributed by atoms with Crippen LogP contribution in [0.15, 0.2) is 23.8 Å². The number of hydrogen-bond acceptors (Lipinski definition) is 3.